The average Bonchev–Trinajstić information content (AvgIpc) is 0.719. The van der Waals surface area contributed by atoms with E-state index in [-0.39, 0.29) is 27.2 Å². The van der Waals surface area contributed by atoms with E-state index in [2.05, 4.69) is 336 Å². The second-order valence-electron chi connectivity index (χ2n) is 43.6. The van der Waals surface area contributed by atoms with Crippen LogP contribution in [0, 0.1) is 138 Å². The maximum absolute atomic E-state index is 11.0. The molecule has 0 aromatic heterocycles. The molecule has 4 aromatic carbocycles. The minimum absolute atomic E-state index is 0.316. The lowest BCUT2D eigenvalue weighted by atomic mass is 9.75. The van der Waals surface area contributed by atoms with Gasteiger partial charge in [0.1, 0.15) is 90.7 Å². The predicted octanol–water partition coefficient (Wildman–Crippen LogP) is 23.8. The Hall–Kier alpha value is -10.3. The van der Waals surface area contributed by atoms with Crippen molar-refractivity contribution in [1.29, 1.82) is 0 Å². The summed E-state index contributed by atoms with van der Waals surface area (Å²) in [6.07, 6.45) is 2.05. The molecule has 9 rings (SSSR count). The van der Waals surface area contributed by atoms with Crippen molar-refractivity contribution in [2.24, 2.45) is 43.3 Å². The Balaban J connectivity index is 1.64. The van der Waals surface area contributed by atoms with E-state index in [1.807, 2.05) is 0 Å². The van der Waals surface area contributed by atoms with Gasteiger partial charge in [-0.3, -0.25) is 0 Å². The van der Waals surface area contributed by atoms with Gasteiger partial charge in [0.2, 0.25) is 27.2 Å². The highest BCUT2D eigenvalue weighted by Crippen LogP contribution is 2.58. The summed E-state index contributed by atoms with van der Waals surface area (Å²) in [6, 6.07) is 9.05. The lowest BCUT2D eigenvalue weighted by molar-refractivity contribution is 0.0974. The van der Waals surface area contributed by atoms with Crippen molar-refractivity contribution in [1.82, 2.24) is 0 Å². The quantitative estimate of drug-likeness (QED) is 0.114. The first kappa shape index (κ1) is 97.5. The summed E-state index contributed by atoms with van der Waals surface area (Å²) in [4.78, 5) is 0. The molecule has 4 aliphatic heterocycles. The highest BCUT2D eigenvalue weighted by atomic mass is 16.7. The Bertz CT molecular complexity index is 4930. The first-order chi connectivity index (χ1) is 56.9. The lowest BCUT2D eigenvalue weighted by Crippen LogP contribution is -2.24. The largest absolute Gasteiger partial charge is 0.456 e. The van der Waals surface area contributed by atoms with Crippen LogP contribution < -0.4 is 37.9 Å². The molecular formula is C112H136O12. The molecule has 12 nitrogen and oxygen atoms in total. The van der Waals surface area contributed by atoms with Gasteiger partial charge in [-0.15, -0.1) is 0 Å². The average molecular weight is 1670 g/mol. The van der Waals surface area contributed by atoms with Crippen LogP contribution in [0.5, 0.6) is 46.0 Å². The Morgan fingerprint density at radius 3 is 0.476 bits per heavy atom. The molecule has 0 spiro atoms. The van der Waals surface area contributed by atoms with Crippen LogP contribution in [0.4, 0.5) is 0 Å². The molecule has 0 unspecified atom stereocenters. The number of allylic oxidation sites excluding steroid dienone is 4. The van der Waals surface area contributed by atoms with Crippen molar-refractivity contribution < 1.29 is 58.3 Å². The fourth-order valence-corrected chi connectivity index (χ4v) is 14.7. The Kier molecular flexibility index (Phi) is 28.3. The van der Waals surface area contributed by atoms with E-state index in [1.165, 1.54) is 0 Å². The van der Waals surface area contributed by atoms with E-state index in [0.717, 1.165) is 44.5 Å². The van der Waals surface area contributed by atoms with Crippen LogP contribution in [-0.2, 0) is 0 Å². The summed E-state index contributed by atoms with van der Waals surface area (Å²) in [6.45, 7) is 71.1. The smallest absolute Gasteiger partial charge is 0.231 e. The molecule has 8 bridgehead atoms. The zero-order valence-corrected chi connectivity index (χ0v) is 81.3. The molecule has 4 aromatic rings. The first-order valence-electron chi connectivity index (χ1n) is 43.9. The number of rotatable bonds is 4. The minimum atomic E-state index is -1.28. The Morgan fingerprint density at radius 2 is 0.363 bits per heavy atom. The summed E-state index contributed by atoms with van der Waals surface area (Å²) >= 11 is 0. The zero-order chi connectivity index (χ0) is 92.8. The highest BCUT2D eigenvalue weighted by Gasteiger charge is 2.42. The summed E-state index contributed by atoms with van der Waals surface area (Å²) in [5.41, 5.74) is 19.2. The van der Waals surface area contributed by atoms with Gasteiger partial charge in [0.15, 0.2) is 0 Å². The van der Waals surface area contributed by atoms with Gasteiger partial charge in [0, 0.05) is 111 Å². The van der Waals surface area contributed by atoms with Gasteiger partial charge < -0.3 is 58.3 Å². The zero-order valence-electron chi connectivity index (χ0n) is 81.3. The molecule has 124 heavy (non-hydrogen) atoms. The molecule has 0 saturated heterocycles. The number of hydrogen-bond acceptors (Lipinski definition) is 12. The van der Waals surface area contributed by atoms with Crippen LogP contribution in [0.1, 0.15) is 365 Å². The number of hydrogen-bond donors (Lipinski definition) is 4. The summed E-state index contributed by atoms with van der Waals surface area (Å²) < 4.78 is 58.5. The third-order valence-electron chi connectivity index (χ3n) is 21.6. The van der Waals surface area contributed by atoms with Crippen molar-refractivity contribution >= 4 is 0 Å². The van der Waals surface area contributed by atoms with Gasteiger partial charge in [-0.1, -0.05) is 312 Å². The van der Waals surface area contributed by atoms with Crippen LogP contribution in [0.2, 0.25) is 0 Å². The monoisotopic (exact) mass is 1670 g/mol. The van der Waals surface area contributed by atoms with E-state index in [0.29, 0.717) is 139 Å². The maximum atomic E-state index is 11.0. The van der Waals surface area contributed by atoms with Gasteiger partial charge in [-0.25, -0.2) is 0 Å². The van der Waals surface area contributed by atoms with Gasteiger partial charge in [0.25, 0.3) is 0 Å². The second kappa shape index (κ2) is 36.0. The SMILES string of the molecule is CCC1c2cc3c4c(C#CC(=C=C(C#CC(C)(C)O)C(C)(C)C)C(C)(C)C)c2OCOc2c1cc1c(c2C#CC(=C=C(C#CC(C)(C)O)C(C)(C)C)C(C)(C)C)OCOc2c(cc5c(c2C#CC(=C=C(C#CC(C)(C)O)C(C)(C)C)C(C)(C)C)OCOc2c(cc(c(c2C#CC(=C=C(C#CC(C)(C)O)C(C)(C)C)C(C)(C)C)OCO4)C3CC)C5CC)C1CC. The third kappa shape index (κ3) is 23.4. The predicted molar refractivity (Wildman–Crippen MR) is 500 cm³/mol. The van der Waals surface area contributed by atoms with Crippen LogP contribution in [-0.4, -0.2) is 70.0 Å². The van der Waals surface area contributed by atoms with E-state index in [4.69, 9.17) is 37.9 Å². The van der Waals surface area contributed by atoms with Gasteiger partial charge in [0.05, 0.1) is 44.6 Å². The van der Waals surface area contributed by atoms with Gasteiger partial charge in [-0.05, 0) is 105 Å². The molecule has 656 valence electrons. The van der Waals surface area contributed by atoms with Crippen molar-refractivity contribution in [3.8, 4) is 141 Å². The van der Waals surface area contributed by atoms with E-state index in [1.54, 1.807) is 55.4 Å². The van der Waals surface area contributed by atoms with E-state index >= 15 is 0 Å². The van der Waals surface area contributed by atoms with Crippen LogP contribution in [0.15, 0.2) is 91.8 Å². The fourth-order valence-electron chi connectivity index (χ4n) is 14.7. The molecule has 1 aliphatic carbocycles. The van der Waals surface area contributed by atoms with Crippen LogP contribution in [0.25, 0.3) is 0 Å². The molecule has 0 fully saturated rings. The summed E-state index contributed by atoms with van der Waals surface area (Å²) in [7, 11) is 0. The third-order valence-corrected chi connectivity index (χ3v) is 21.6. The Labute approximate surface area is 744 Å². The maximum Gasteiger partial charge on any atom is 0.231 e. The molecule has 0 atom stereocenters. The first-order valence-corrected chi connectivity index (χ1v) is 43.9. The topological polar surface area (TPSA) is 155 Å². The highest BCUT2D eigenvalue weighted by molar-refractivity contribution is 5.76. The van der Waals surface area contributed by atoms with Crippen molar-refractivity contribution in [3.05, 3.63) is 159 Å². The van der Waals surface area contributed by atoms with Crippen molar-refractivity contribution in [2.75, 3.05) is 27.2 Å². The number of aliphatic hydroxyl groups is 4. The molecule has 4 N–H and O–H groups in total. The summed E-state index contributed by atoms with van der Waals surface area (Å²) in [5.74, 6) is 56.9. The molecular weight excluding hydrogens is 1540 g/mol. The fraction of sp³-hybridized carbons (Fsp3) is 0.536. The second-order valence-corrected chi connectivity index (χ2v) is 43.6. The van der Waals surface area contributed by atoms with Crippen molar-refractivity contribution in [2.45, 2.75) is 321 Å². The van der Waals surface area contributed by atoms with Crippen molar-refractivity contribution in [3.63, 3.8) is 0 Å². The number of ether oxygens (including phenoxy) is 8. The van der Waals surface area contributed by atoms with E-state index < -0.39 is 89.4 Å². The lowest BCUT2D eigenvalue weighted by Gasteiger charge is -2.36. The Morgan fingerprint density at radius 1 is 0.234 bits per heavy atom. The molecule has 4 heterocycles. The summed E-state index contributed by atoms with van der Waals surface area (Å²) in [5, 5.41) is 44.2. The normalized spacial score (nSPS) is 16.3. The van der Waals surface area contributed by atoms with Gasteiger partial charge >= 0.3 is 0 Å². The number of benzene rings is 4. The standard InChI is InChI=1S/C112H136O12/c1-37-77-85-61-87-78(38-2)89-63-91-80(40-4)92-64-90-79(39-3)88-62-86(77)94-82(46-42-70(102(8,9)10)58-74(106(20,21)22)50-54-110(31,32)114)96(88)120-67-122-98(90)84(48-44-72(104(14,15)16)60-76(108(26,27)28)52-56-112(35,36)116)100(92)124-68-123-99(91)83(47-43-71(103(11,12)13)59-75(107(23,24)25)51-55-111(33,34)115)97(89)121-66-119-95(87)81(93(85)117-65-118-94)45-41-69(101(5,6)7)57-73(105(17,18)19)49-53-109(29,30)113/h61-64,77-80,113-116H,37-40,65-68H2,1-36H3. The molecule has 0 saturated carbocycles. The molecule has 12 heteroatoms. The van der Waals surface area contributed by atoms with Gasteiger partial charge in [-0.2, -0.15) is 0 Å². The van der Waals surface area contributed by atoms with Crippen LogP contribution in [0.3, 0.4) is 0 Å². The van der Waals surface area contributed by atoms with Crippen LogP contribution >= 0.6 is 0 Å². The molecule has 0 amide bonds. The molecule has 0 radical (unpaired) electrons. The molecule has 5 aliphatic rings. The van der Waals surface area contributed by atoms with E-state index in [9.17, 15) is 20.4 Å². The minimum Gasteiger partial charge on any atom is -0.456 e.